The molecule has 0 aliphatic carbocycles. The first-order valence-corrected chi connectivity index (χ1v) is 8.98. The van der Waals surface area contributed by atoms with Gasteiger partial charge in [-0.2, -0.15) is 0 Å². The number of aromatic hydroxyl groups is 1. The monoisotopic (exact) mass is 392 g/mol. The first-order chi connectivity index (χ1) is 12.7. The van der Waals surface area contributed by atoms with Crippen LogP contribution in [0.1, 0.15) is 54.2 Å². The second-order valence-electron chi connectivity index (χ2n) is 6.40. The highest BCUT2D eigenvalue weighted by molar-refractivity contribution is 6.35. The Morgan fingerprint density at radius 2 is 1.85 bits per heavy atom. The zero-order chi connectivity index (χ0) is 20.1. The lowest BCUT2D eigenvalue weighted by atomic mass is 9.95. The standard InChI is InChI=1S/C20H22ClFN2O3/c1-3-16(24-11(2)10-17(23)26)14-8-9-15(21)18(19(14)22)20(27)12-4-6-13(25)7-5-12/h4-9,11,16,24-25H,3,10H2,1-2H3,(H2,23,26)/t11-,16+/m0/s1. The number of carbonyl (C=O) groups excluding carboxylic acids is 2. The number of benzene rings is 2. The van der Waals surface area contributed by atoms with Gasteiger partial charge in [0.1, 0.15) is 11.6 Å². The Morgan fingerprint density at radius 3 is 2.41 bits per heavy atom. The first kappa shape index (κ1) is 20.9. The van der Waals surface area contributed by atoms with E-state index in [1.54, 1.807) is 6.92 Å². The number of hydrogen-bond donors (Lipinski definition) is 3. The van der Waals surface area contributed by atoms with Crippen molar-refractivity contribution in [2.24, 2.45) is 5.73 Å². The number of phenolic OH excluding ortho intramolecular Hbond substituents is 1. The van der Waals surface area contributed by atoms with Gasteiger partial charge in [0.15, 0.2) is 5.78 Å². The van der Waals surface area contributed by atoms with Crippen LogP contribution < -0.4 is 11.1 Å². The Morgan fingerprint density at radius 1 is 1.22 bits per heavy atom. The molecule has 4 N–H and O–H groups in total. The summed E-state index contributed by atoms with van der Waals surface area (Å²) in [6, 6.07) is 7.87. The molecule has 0 fully saturated rings. The summed E-state index contributed by atoms with van der Waals surface area (Å²) in [4.78, 5) is 23.8. The van der Waals surface area contributed by atoms with Gasteiger partial charge >= 0.3 is 0 Å². The molecule has 0 heterocycles. The largest absolute Gasteiger partial charge is 0.508 e. The SMILES string of the molecule is CC[C@@H](N[C@@H](C)CC(N)=O)c1ccc(Cl)c(C(=O)c2ccc(O)cc2)c1F. The third-order valence-corrected chi connectivity index (χ3v) is 4.57. The van der Waals surface area contributed by atoms with E-state index >= 15 is 4.39 Å². The van der Waals surface area contributed by atoms with E-state index in [0.29, 0.717) is 12.0 Å². The fraction of sp³-hybridized carbons (Fsp3) is 0.300. The maximum atomic E-state index is 15.2. The molecule has 1 amide bonds. The molecular weight excluding hydrogens is 371 g/mol. The minimum atomic E-state index is -0.703. The zero-order valence-electron chi connectivity index (χ0n) is 15.1. The minimum absolute atomic E-state index is 0.00514. The van der Waals surface area contributed by atoms with Gasteiger partial charge in [0.05, 0.1) is 10.6 Å². The van der Waals surface area contributed by atoms with Crippen molar-refractivity contribution in [3.8, 4) is 5.75 Å². The van der Waals surface area contributed by atoms with Crippen molar-refractivity contribution in [2.75, 3.05) is 0 Å². The van der Waals surface area contributed by atoms with E-state index in [2.05, 4.69) is 5.32 Å². The summed E-state index contributed by atoms with van der Waals surface area (Å²) in [5, 5.41) is 12.5. The van der Waals surface area contributed by atoms with Crippen LogP contribution in [0.15, 0.2) is 36.4 Å². The van der Waals surface area contributed by atoms with Crippen molar-refractivity contribution in [3.63, 3.8) is 0 Å². The molecule has 0 spiro atoms. The van der Waals surface area contributed by atoms with Crippen LogP contribution in [-0.4, -0.2) is 22.8 Å². The molecule has 27 heavy (non-hydrogen) atoms. The van der Waals surface area contributed by atoms with Crippen molar-refractivity contribution in [1.29, 1.82) is 0 Å². The van der Waals surface area contributed by atoms with E-state index in [4.69, 9.17) is 17.3 Å². The fourth-order valence-electron chi connectivity index (χ4n) is 2.93. The Bertz CT molecular complexity index is 840. The molecule has 0 bridgehead atoms. The molecule has 2 aromatic rings. The summed E-state index contributed by atoms with van der Waals surface area (Å²) in [5.74, 6) is -1.72. The maximum Gasteiger partial charge on any atom is 0.218 e. The van der Waals surface area contributed by atoms with Gasteiger partial charge in [0.2, 0.25) is 5.91 Å². The van der Waals surface area contributed by atoms with Gasteiger partial charge in [0, 0.05) is 29.6 Å². The lowest BCUT2D eigenvalue weighted by Crippen LogP contribution is -2.34. The summed E-state index contributed by atoms with van der Waals surface area (Å²) < 4.78 is 15.2. The molecule has 0 saturated heterocycles. The zero-order valence-corrected chi connectivity index (χ0v) is 15.9. The van der Waals surface area contributed by atoms with Crippen LogP contribution in [-0.2, 0) is 4.79 Å². The van der Waals surface area contributed by atoms with Gasteiger partial charge < -0.3 is 16.2 Å². The van der Waals surface area contributed by atoms with Crippen LogP contribution in [0.5, 0.6) is 5.75 Å². The van der Waals surface area contributed by atoms with E-state index in [1.807, 2.05) is 6.92 Å². The normalized spacial score (nSPS) is 13.2. The summed E-state index contributed by atoms with van der Waals surface area (Å²) in [7, 11) is 0. The van der Waals surface area contributed by atoms with Crippen LogP contribution in [0.2, 0.25) is 5.02 Å². The van der Waals surface area contributed by atoms with Crippen LogP contribution in [0, 0.1) is 5.82 Å². The molecule has 7 heteroatoms. The Kier molecular flexibility index (Phi) is 6.93. The second-order valence-corrected chi connectivity index (χ2v) is 6.81. The van der Waals surface area contributed by atoms with Crippen LogP contribution in [0.3, 0.4) is 0 Å². The van der Waals surface area contributed by atoms with E-state index in [9.17, 15) is 14.7 Å². The molecule has 2 aromatic carbocycles. The number of ketones is 1. The van der Waals surface area contributed by atoms with E-state index in [0.717, 1.165) is 0 Å². The average Bonchev–Trinajstić information content (AvgIpc) is 2.60. The average molecular weight is 393 g/mol. The molecule has 2 atom stereocenters. The van der Waals surface area contributed by atoms with Gasteiger partial charge in [-0.05, 0) is 43.7 Å². The molecule has 0 radical (unpaired) electrons. The Labute approximate surface area is 162 Å². The predicted molar refractivity (Wildman–Crippen MR) is 102 cm³/mol. The van der Waals surface area contributed by atoms with Gasteiger partial charge in [0.25, 0.3) is 0 Å². The molecular formula is C20H22ClFN2O3. The lowest BCUT2D eigenvalue weighted by Gasteiger charge is -2.23. The third-order valence-electron chi connectivity index (χ3n) is 4.25. The van der Waals surface area contributed by atoms with Crippen molar-refractivity contribution < 1.29 is 19.1 Å². The smallest absolute Gasteiger partial charge is 0.218 e. The maximum absolute atomic E-state index is 15.2. The molecule has 0 saturated carbocycles. The van der Waals surface area contributed by atoms with E-state index in [-0.39, 0.29) is 34.4 Å². The summed E-state index contributed by atoms with van der Waals surface area (Å²) in [5.41, 5.74) is 5.49. The lowest BCUT2D eigenvalue weighted by molar-refractivity contribution is -0.118. The van der Waals surface area contributed by atoms with Crippen LogP contribution in [0.25, 0.3) is 0 Å². The number of nitrogens with one attached hydrogen (secondary N) is 1. The number of halogens is 2. The molecule has 5 nitrogen and oxygen atoms in total. The number of phenols is 1. The number of hydrogen-bond acceptors (Lipinski definition) is 4. The molecule has 2 rings (SSSR count). The molecule has 0 unspecified atom stereocenters. The van der Waals surface area contributed by atoms with Crippen LogP contribution >= 0.6 is 11.6 Å². The van der Waals surface area contributed by atoms with Crippen LogP contribution in [0.4, 0.5) is 4.39 Å². The summed E-state index contributed by atoms with van der Waals surface area (Å²) >= 11 is 6.11. The third kappa shape index (κ3) is 5.05. The Balaban J connectivity index is 2.39. The molecule has 0 aliphatic rings. The minimum Gasteiger partial charge on any atom is -0.508 e. The van der Waals surface area contributed by atoms with Gasteiger partial charge in [-0.25, -0.2) is 4.39 Å². The molecule has 0 aliphatic heterocycles. The fourth-order valence-corrected chi connectivity index (χ4v) is 3.17. The number of primary amides is 1. The summed E-state index contributed by atoms with van der Waals surface area (Å²) in [6.07, 6.45) is 0.652. The van der Waals surface area contributed by atoms with E-state index < -0.39 is 23.5 Å². The molecule has 144 valence electrons. The highest BCUT2D eigenvalue weighted by Gasteiger charge is 2.25. The quantitative estimate of drug-likeness (QED) is 0.597. The second kappa shape index (κ2) is 8.97. The predicted octanol–water partition coefficient (Wildman–Crippen LogP) is 3.72. The van der Waals surface area contributed by atoms with Crippen molar-refractivity contribution >= 4 is 23.3 Å². The van der Waals surface area contributed by atoms with Gasteiger partial charge in [-0.1, -0.05) is 24.6 Å². The topological polar surface area (TPSA) is 92.4 Å². The summed E-state index contributed by atoms with van der Waals surface area (Å²) in [6.45, 7) is 3.65. The molecule has 0 aromatic heterocycles. The van der Waals surface area contributed by atoms with E-state index in [1.165, 1.54) is 36.4 Å². The van der Waals surface area contributed by atoms with Crippen molar-refractivity contribution in [2.45, 2.75) is 38.8 Å². The highest BCUT2D eigenvalue weighted by atomic mass is 35.5. The van der Waals surface area contributed by atoms with Crippen molar-refractivity contribution in [1.82, 2.24) is 5.32 Å². The number of rotatable bonds is 8. The van der Waals surface area contributed by atoms with Gasteiger partial charge in [-0.15, -0.1) is 0 Å². The highest BCUT2D eigenvalue weighted by Crippen LogP contribution is 2.30. The number of carbonyl (C=O) groups is 2. The first-order valence-electron chi connectivity index (χ1n) is 8.60. The van der Waals surface area contributed by atoms with Gasteiger partial charge in [-0.3, -0.25) is 9.59 Å². The van der Waals surface area contributed by atoms with Crippen molar-refractivity contribution in [3.05, 3.63) is 63.9 Å². The Hall–Kier alpha value is -2.44. The number of amides is 1. The number of nitrogens with two attached hydrogens (primary N) is 1.